The average Bonchev–Trinajstić information content (AvgIpc) is 3.10. The Morgan fingerprint density at radius 3 is 2.39 bits per heavy atom. The maximum Gasteiger partial charge on any atom is 0.300 e. The molecule has 6 heteroatoms. The van der Waals surface area contributed by atoms with Crippen molar-refractivity contribution in [2.45, 2.75) is 19.9 Å². The minimum atomic E-state index is -0.836. The predicted octanol–water partition coefficient (Wildman–Crippen LogP) is 5.03. The zero-order valence-corrected chi connectivity index (χ0v) is 18.7. The molecule has 1 fully saturated rings. The van der Waals surface area contributed by atoms with Crippen molar-refractivity contribution < 1.29 is 24.2 Å². The summed E-state index contributed by atoms with van der Waals surface area (Å²) in [5.41, 5.74) is 2.62. The van der Waals surface area contributed by atoms with Gasteiger partial charge in [0.15, 0.2) is 11.5 Å². The molecule has 4 rings (SSSR count). The van der Waals surface area contributed by atoms with Gasteiger partial charge >= 0.3 is 0 Å². The van der Waals surface area contributed by atoms with Crippen molar-refractivity contribution in [1.29, 1.82) is 0 Å². The lowest BCUT2D eigenvalue weighted by molar-refractivity contribution is -0.132. The van der Waals surface area contributed by atoms with E-state index >= 15 is 0 Å². The number of Topliss-reactive ketones (excluding diaryl/α,β-unsaturated/α-hetero) is 1. The number of hydrogen-bond donors (Lipinski definition) is 1. The average molecular weight is 443 g/mol. The van der Waals surface area contributed by atoms with Gasteiger partial charge in [0.1, 0.15) is 5.76 Å². The summed E-state index contributed by atoms with van der Waals surface area (Å²) in [5.74, 6) is -0.628. The van der Waals surface area contributed by atoms with Crippen LogP contribution in [0.1, 0.15) is 29.7 Å². The van der Waals surface area contributed by atoms with E-state index in [1.165, 1.54) is 12.0 Å². The van der Waals surface area contributed by atoms with Crippen LogP contribution in [0.5, 0.6) is 11.5 Å². The molecule has 33 heavy (non-hydrogen) atoms. The molecule has 0 spiro atoms. The number of benzene rings is 3. The molecule has 3 aromatic rings. The van der Waals surface area contributed by atoms with Crippen molar-refractivity contribution in [1.82, 2.24) is 0 Å². The van der Waals surface area contributed by atoms with Gasteiger partial charge in [-0.1, -0.05) is 48.5 Å². The Labute approximate surface area is 192 Å². The molecule has 1 aliphatic heterocycles. The number of methoxy groups -OCH3 is 1. The molecule has 0 aromatic heterocycles. The first-order valence-electron chi connectivity index (χ1n) is 10.7. The number of rotatable bonds is 6. The Morgan fingerprint density at radius 2 is 1.73 bits per heavy atom. The molecule has 6 nitrogen and oxygen atoms in total. The molecular formula is C27H25NO5. The van der Waals surface area contributed by atoms with Crippen LogP contribution in [0.2, 0.25) is 0 Å². The van der Waals surface area contributed by atoms with E-state index in [2.05, 4.69) is 0 Å². The molecule has 1 N–H and O–H groups in total. The third-order valence-electron chi connectivity index (χ3n) is 5.57. The maximum atomic E-state index is 13.2. The summed E-state index contributed by atoms with van der Waals surface area (Å²) < 4.78 is 11.1. The van der Waals surface area contributed by atoms with Gasteiger partial charge in [0.25, 0.3) is 11.7 Å². The summed E-state index contributed by atoms with van der Waals surface area (Å²) in [4.78, 5) is 27.9. The number of aliphatic hydroxyl groups is 1. The number of aryl methyl sites for hydroxylation is 1. The zero-order chi connectivity index (χ0) is 23.5. The van der Waals surface area contributed by atoms with Crippen molar-refractivity contribution >= 4 is 23.1 Å². The fourth-order valence-corrected chi connectivity index (χ4v) is 4.07. The first-order valence-corrected chi connectivity index (χ1v) is 10.7. The molecule has 1 unspecified atom stereocenters. The van der Waals surface area contributed by atoms with Crippen molar-refractivity contribution in [3.8, 4) is 11.5 Å². The highest BCUT2D eigenvalue weighted by atomic mass is 16.5. The normalized spacial score (nSPS) is 17.3. The topological polar surface area (TPSA) is 76.1 Å². The molecule has 3 aromatic carbocycles. The molecule has 168 valence electrons. The van der Waals surface area contributed by atoms with E-state index in [0.29, 0.717) is 34.9 Å². The van der Waals surface area contributed by atoms with Gasteiger partial charge in [-0.3, -0.25) is 14.5 Å². The molecule has 0 radical (unpaired) electrons. The van der Waals surface area contributed by atoms with E-state index in [4.69, 9.17) is 9.47 Å². The van der Waals surface area contributed by atoms with Crippen LogP contribution in [-0.2, 0) is 9.59 Å². The maximum absolute atomic E-state index is 13.2. The molecule has 1 heterocycles. The van der Waals surface area contributed by atoms with Gasteiger partial charge in [0.2, 0.25) is 0 Å². The van der Waals surface area contributed by atoms with Crippen molar-refractivity contribution in [2.24, 2.45) is 0 Å². The molecule has 1 aliphatic rings. The number of amides is 1. The van der Waals surface area contributed by atoms with Crippen LogP contribution in [-0.4, -0.2) is 30.5 Å². The molecule has 1 amide bonds. The van der Waals surface area contributed by atoms with Crippen molar-refractivity contribution in [3.05, 3.63) is 95.1 Å². The Bertz CT molecular complexity index is 1230. The van der Waals surface area contributed by atoms with Crippen LogP contribution in [0.15, 0.2) is 78.4 Å². The largest absolute Gasteiger partial charge is 0.507 e. The number of carbonyl (C=O) groups excluding carboxylic acids is 2. The summed E-state index contributed by atoms with van der Waals surface area (Å²) >= 11 is 0. The fraction of sp³-hybridized carbons (Fsp3) is 0.185. The van der Waals surface area contributed by atoms with E-state index < -0.39 is 17.7 Å². The third-order valence-corrected chi connectivity index (χ3v) is 5.57. The third kappa shape index (κ3) is 4.07. The minimum Gasteiger partial charge on any atom is -0.507 e. The SMILES string of the molecule is CCOc1ccc(C2/C(=C(/O)c3ccccc3)C(=O)C(=O)N2c2cccc(C)c2)cc1OC. The van der Waals surface area contributed by atoms with Gasteiger partial charge < -0.3 is 14.6 Å². The van der Waals surface area contributed by atoms with E-state index in [1.54, 1.807) is 48.5 Å². The van der Waals surface area contributed by atoms with Crippen LogP contribution < -0.4 is 14.4 Å². The zero-order valence-electron chi connectivity index (χ0n) is 18.7. The Kier molecular flexibility index (Phi) is 6.18. The molecule has 1 atom stereocenters. The number of ketones is 1. The number of nitrogens with zero attached hydrogens (tertiary/aromatic N) is 1. The van der Waals surface area contributed by atoms with E-state index in [9.17, 15) is 14.7 Å². The first-order chi connectivity index (χ1) is 16.0. The van der Waals surface area contributed by atoms with Crippen LogP contribution >= 0.6 is 0 Å². The van der Waals surface area contributed by atoms with Gasteiger partial charge in [0, 0.05) is 11.3 Å². The summed E-state index contributed by atoms with van der Waals surface area (Å²) in [6.07, 6.45) is 0. The number of anilines is 1. The molecular weight excluding hydrogens is 418 g/mol. The van der Waals surface area contributed by atoms with Crippen LogP contribution in [0, 0.1) is 6.92 Å². The van der Waals surface area contributed by atoms with Gasteiger partial charge in [-0.25, -0.2) is 0 Å². The number of hydrogen-bond acceptors (Lipinski definition) is 5. The molecule has 0 aliphatic carbocycles. The second-order valence-electron chi connectivity index (χ2n) is 7.72. The van der Waals surface area contributed by atoms with E-state index in [1.807, 2.05) is 38.1 Å². The lowest BCUT2D eigenvalue weighted by Crippen LogP contribution is -2.29. The lowest BCUT2D eigenvalue weighted by atomic mass is 9.94. The highest BCUT2D eigenvalue weighted by Gasteiger charge is 2.47. The van der Waals surface area contributed by atoms with Crippen LogP contribution in [0.3, 0.4) is 0 Å². The van der Waals surface area contributed by atoms with Crippen molar-refractivity contribution in [3.63, 3.8) is 0 Å². The van der Waals surface area contributed by atoms with Crippen LogP contribution in [0.25, 0.3) is 5.76 Å². The summed E-state index contributed by atoms with van der Waals surface area (Å²) in [6.45, 7) is 4.25. The number of carbonyl (C=O) groups is 2. The lowest BCUT2D eigenvalue weighted by Gasteiger charge is -2.26. The van der Waals surface area contributed by atoms with Gasteiger partial charge in [-0.05, 0) is 49.2 Å². The van der Waals surface area contributed by atoms with Gasteiger partial charge in [0.05, 0.1) is 25.3 Å². The van der Waals surface area contributed by atoms with E-state index in [0.717, 1.165) is 5.56 Å². The predicted molar refractivity (Wildman–Crippen MR) is 127 cm³/mol. The second kappa shape index (κ2) is 9.20. The smallest absolute Gasteiger partial charge is 0.300 e. The molecule has 0 bridgehead atoms. The van der Waals surface area contributed by atoms with Crippen molar-refractivity contribution in [2.75, 3.05) is 18.6 Å². The quantitative estimate of drug-likeness (QED) is 0.329. The molecule has 1 saturated heterocycles. The van der Waals surface area contributed by atoms with E-state index in [-0.39, 0.29) is 11.3 Å². The Morgan fingerprint density at radius 1 is 0.970 bits per heavy atom. The van der Waals surface area contributed by atoms with Gasteiger partial charge in [-0.2, -0.15) is 0 Å². The number of aliphatic hydroxyl groups excluding tert-OH is 1. The summed E-state index contributed by atoms with van der Waals surface area (Å²) in [5, 5.41) is 11.1. The highest BCUT2D eigenvalue weighted by molar-refractivity contribution is 6.51. The second-order valence-corrected chi connectivity index (χ2v) is 7.72. The Balaban J connectivity index is 1.95. The monoisotopic (exact) mass is 443 g/mol. The highest BCUT2D eigenvalue weighted by Crippen LogP contribution is 2.44. The number of ether oxygens (including phenoxy) is 2. The fourth-order valence-electron chi connectivity index (χ4n) is 4.07. The molecule has 0 saturated carbocycles. The first kappa shape index (κ1) is 22.1. The van der Waals surface area contributed by atoms with Gasteiger partial charge in [-0.15, -0.1) is 0 Å². The summed E-state index contributed by atoms with van der Waals surface area (Å²) in [7, 11) is 1.53. The Hall–Kier alpha value is -4.06. The standard InChI is InChI=1S/C27H25NO5/c1-4-33-21-14-13-19(16-22(21)32-3)24-23(25(29)18-10-6-5-7-11-18)26(30)27(31)28(24)20-12-8-9-17(2)15-20/h5-16,24,29H,4H2,1-3H3/b25-23-. The summed E-state index contributed by atoms with van der Waals surface area (Å²) in [6, 6.07) is 20.5. The van der Waals surface area contributed by atoms with Crippen LogP contribution in [0.4, 0.5) is 5.69 Å². The minimum absolute atomic E-state index is 0.0268.